The number of carbonyl (C=O) groups is 2. The minimum absolute atomic E-state index is 0.0140. The molecule has 1 aromatic carbocycles. The minimum Gasteiger partial charge on any atom is -0.356 e. The molecule has 5 heteroatoms. The second kappa shape index (κ2) is 7.22. The summed E-state index contributed by atoms with van der Waals surface area (Å²) in [5, 5.41) is 8.98. The van der Waals surface area contributed by atoms with E-state index in [9.17, 15) is 9.59 Å². The highest BCUT2D eigenvalue weighted by Gasteiger charge is 2.29. The van der Waals surface area contributed by atoms with Crippen LogP contribution in [0.3, 0.4) is 0 Å². The summed E-state index contributed by atoms with van der Waals surface area (Å²) in [6.07, 6.45) is 1.24. The molecule has 3 N–H and O–H groups in total. The van der Waals surface area contributed by atoms with Gasteiger partial charge in [0.1, 0.15) is 0 Å². The molecule has 1 aliphatic rings. The summed E-state index contributed by atoms with van der Waals surface area (Å²) in [5.41, 5.74) is 1.72. The molecule has 2 rings (SSSR count). The molecule has 0 aliphatic carbocycles. The van der Waals surface area contributed by atoms with Crippen molar-refractivity contribution in [1.29, 1.82) is 0 Å². The highest BCUT2D eigenvalue weighted by molar-refractivity contribution is 5.93. The molecule has 1 heterocycles. The number of hydrogen-bond donors (Lipinski definition) is 3. The van der Waals surface area contributed by atoms with E-state index in [0.717, 1.165) is 24.2 Å². The van der Waals surface area contributed by atoms with Crippen molar-refractivity contribution in [3.8, 4) is 0 Å². The van der Waals surface area contributed by atoms with Crippen molar-refractivity contribution >= 4 is 17.5 Å². The van der Waals surface area contributed by atoms with Crippen LogP contribution in [0.5, 0.6) is 0 Å². The zero-order valence-electron chi connectivity index (χ0n) is 12.6. The van der Waals surface area contributed by atoms with Crippen molar-refractivity contribution in [3.05, 3.63) is 29.8 Å². The van der Waals surface area contributed by atoms with Crippen LogP contribution >= 0.6 is 0 Å². The van der Waals surface area contributed by atoms with E-state index in [-0.39, 0.29) is 23.8 Å². The quantitative estimate of drug-likeness (QED) is 0.765. The van der Waals surface area contributed by atoms with Gasteiger partial charge in [0.2, 0.25) is 11.8 Å². The number of likely N-dealkylation sites (N-methyl/N-ethyl adjacent to an activating group) is 1. The maximum absolute atomic E-state index is 12.2. The van der Waals surface area contributed by atoms with E-state index in [1.165, 1.54) is 0 Å². The van der Waals surface area contributed by atoms with Crippen molar-refractivity contribution < 1.29 is 9.59 Å². The largest absolute Gasteiger partial charge is 0.356 e. The first-order chi connectivity index (χ1) is 10.1. The van der Waals surface area contributed by atoms with E-state index in [1.54, 1.807) is 0 Å². The summed E-state index contributed by atoms with van der Waals surface area (Å²) in [5.74, 6) is 0.101. The summed E-state index contributed by atoms with van der Waals surface area (Å²) in [7, 11) is 0. The van der Waals surface area contributed by atoms with E-state index < -0.39 is 0 Å². The van der Waals surface area contributed by atoms with Gasteiger partial charge in [0.25, 0.3) is 0 Å². The lowest BCUT2D eigenvalue weighted by molar-refractivity contribution is -0.121. The molecule has 0 aromatic heterocycles. The maximum Gasteiger partial charge on any atom is 0.229 e. The van der Waals surface area contributed by atoms with Crippen LogP contribution in [-0.2, 0) is 16.0 Å². The average molecular weight is 289 g/mol. The Hall–Kier alpha value is -1.88. The van der Waals surface area contributed by atoms with E-state index in [0.29, 0.717) is 13.0 Å². The fourth-order valence-corrected chi connectivity index (χ4v) is 2.60. The van der Waals surface area contributed by atoms with Crippen LogP contribution < -0.4 is 16.0 Å². The third kappa shape index (κ3) is 4.29. The summed E-state index contributed by atoms with van der Waals surface area (Å²) in [4.78, 5) is 23.7. The second-order valence-electron chi connectivity index (χ2n) is 5.45. The molecule has 5 nitrogen and oxygen atoms in total. The highest BCUT2D eigenvalue weighted by atomic mass is 16.2. The molecule has 1 saturated heterocycles. The van der Waals surface area contributed by atoms with Crippen LogP contribution in [0.1, 0.15) is 25.8 Å². The summed E-state index contributed by atoms with van der Waals surface area (Å²) < 4.78 is 0. The van der Waals surface area contributed by atoms with Crippen LogP contribution in [0.25, 0.3) is 0 Å². The Balaban J connectivity index is 1.90. The number of benzene rings is 1. The topological polar surface area (TPSA) is 70.2 Å². The average Bonchev–Trinajstić information content (AvgIpc) is 2.87. The van der Waals surface area contributed by atoms with E-state index >= 15 is 0 Å². The number of nitrogens with one attached hydrogen (secondary N) is 3. The first kappa shape index (κ1) is 15.5. The molecule has 2 atom stereocenters. The van der Waals surface area contributed by atoms with Gasteiger partial charge in [-0.25, -0.2) is 0 Å². The summed E-state index contributed by atoms with van der Waals surface area (Å²) >= 11 is 0. The molecular formula is C16H23N3O2. The lowest BCUT2D eigenvalue weighted by Crippen LogP contribution is -2.32. The van der Waals surface area contributed by atoms with Gasteiger partial charge in [-0.1, -0.05) is 12.1 Å². The van der Waals surface area contributed by atoms with E-state index in [4.69, 9.17) is 0 Å². The molecule has 1 aromatic rings. The van der Waals surface area contributed by atoms with Crippen molar-refractivity contribution in [1.82, 2.24) is 10.6 Å². The maximum atomic E-state index is 12.2. The van der Waals surface area contributed by atoms with Gasteiger partial charge in [-0.2, -0.15) is 0 Å². The monoisotopic (exact) mass is 289 g/mol. The van der Waals surface area contributed by atoms with Gasteiger partial charge in [-0.3, -0.25) is 9.59 Å². The standard InChI is InChI=1S/C16H23N3O2/c1-3-17-15(20)10-12-4-6-13(7-5-12)19-16(21)14-8-9-18-11(14)2/h4-7,11,14,18H,3,8-10H2,1-2H3,(H,17,20)(H,19,21). The first-order valence-electron chi connectivity index (χ1n) is 7.50. The van der Waals surface area contributed by atoms with Crippen molar-refractivity contribution in [2.24, 2.45) is 5.92 Å². The molecule has 2 amide bonds. The van der Waals surface area contributed by atoms with Gasteiger partial charge in [0.05, 0.1) is 12.3 Å². The fourth-order valence-electron chi connectivity index (χ4n) is 2.60. The SMILES string of the molecule is CCNC(=O)Cc1ccc(NC(=O)C2CCNC2C)cc1. The smallest absolute Gasteiger partial charge is 0.229 e. The molecule has 114 valence electrons. The Morgan fingerprint density at radius 3 is 2.57 bits per heavy atom. The third-order valence-corrected chi connectivity index (χ3v) is 3.82. The summed E-state index contributed by atoms with van der Waals surface area (Å²) in [6.45, 7) is 5.47. The molecule has 1 fully saturated rings. The normalized spacial score (nSPS) is 21.0. The summed E-state index contributed by atoms with van der Waals surface area (Å²) in [6, 6.07) is 7.67. The molecule has 0 spiro atoms. The van der Waals surface area contributed by atoms with E-state index in [1.807, 2.05) is 38.1 Å². The Kier molecular flexibility index (Phi) is 5.33. The first-order valence-corrected chi connectivity index (χ1v) is 7.50. The zero-order valence-corrected chi connectivity index (χ0v) is 12.6. The predicted molar refractivity (Wildman–Crippen MR) is 83.0 cm³/mol. The van der Waals surface area contributed by atoms with Gasteiger partial charge in [-0.05, 0) is 44.5 Å². The number of hydrogen-bond acceptors (Lipinski definition) is 3. The second-order valence-corrected chi connectivity index (χ2v) is 5.45. The molecular weight excluding hydrogens is 266 g/mol. The molecule has 21 heavy (non-hydrogen) atoms. The highest BCUT2D eigenvalue weighted by Crippen LogP contribution is 2.18. The van der Waals surface area contributed by atoms with Gasteiger partial charge in [-0.15, -0.1) is 0 Å². The third-order valence-electron chi connectivity index (χ3n) is 3.82. The molecule has 2 unspecified atom stereocenters. The fraction of sp³-hybridized carbons (Fsp3) is 0.500. The number of amides is 2. The van der Waals surface area contributed by atoms with Crippen molar-refractivity contribution in [3.63, 3.8) is 0 Å². The number of anilines is 1. The van der Waals surface area contributed by atoms with Gasteiger partial charge >= 0.3 is 0 Å². The Morgan fingerprint density at radius 1 is 1.29 bits per heavy atom. The Bertz CT molecular complexity index is 499. The minimum atomic E-state index is 0.0140. The molecule has 0 radical (unpaired) electrons. The zero-order chi connectivity index (χ0) is 15.2. The van der Waals surface area contributed by atoms with E-state index in [2.05, 4.69) is 16.0 Å². The van der Waals surface area contributed by atoms with Gasteiger partial charge in [0, 0.05) is 18.3 Å². The van der Waals surface area contributed by atoms with Crippen molar-refractivity contribution in [2.45, 2.75) is 32.7 Å². The van der Waals surface area contributed by atoms with Crippen LogP contribution in [-0.4, -0.2) is 30.9 Å². The molecule has 0 bridgehead atoms. The van der Waals surface area contributed by atoms with Crippen LogP contribution in [0.4, 0.5) is 5.69 Å². The van der Waals surface area contributed by atoms with Gasteiger partial charge < -0.3 is 16.0 Å². The van der Waals surface area contributed by atoms with Crippen LogP contribution in [0.15, 0.2) is 24.3 Å². The Labute approximate surface area is 125 Å². The molecule has 0 saturated carbocycles. The number of carbonyl (C=O) groups excluding carboxylic acids is 2. The van der Waals surface area contributed by atoms with Crippen LogP contribution in [0.2, 0.25) is 0 Å². The lowest BCUT2D eigenvalue weighted by Gasteiger charge is -2.15. The predicted octanol–water partition coefficient (Wildman–Crippen LogP) is 1.30. The van der Waals surface area contributed by atoms with Crippen LogP contribution in [0, 0.1) is 5.92 Å². The molecule has 1 aliphatic heterocycles. The number of rotatable bonds is 5. The van der Waals surface area contributed by atoms with Crippen molar-refractivity contribution in [2.75, 3.05) is 18.4 Å². The Morgan fingerprint density at radius 2 is 2.00 bits per heavy atom. The lowest BCUT2D eigenvalue weighted by atomic mass is 10.0. The van der Waals surface area contributed by atoms with Gasteiger partial charge in [0.15, 0.2) is 0 Å².